The third-order valence-electron chi connectivity index (χ3n) is 4.63. The van der Waals surface area contributed by atoms with E-state index in [1.807, 2.05) is 32.2 Å². The molecular formula is C19H25N5O4. The lowest BCUT2D eigenvalue weighted by Crippen LogP contribution is -2.51. The predicted octanol–water partition coefficient (Wildman–Crippen LogP) is 0.746. The minimum atomic E-state index is -0.529. The Labute approximate surface area is 163 Å². The zero-order valence-electron chi connectivity index (χ0n) is 16.5. The van der Waals surface area contributed by atoms with Gasteiger partial charge in [-0.3, -0.25) is 14.5 Å². The van der Waals surface area contributed by atoms with Crippen LogP contribution in [0, 0.1) is 0 Å². The van der Waals surface area contributed by atoms with Crippen molar-refractivity contribution < 1.29 is 19.1 Å². The molecule has 3 rings (SSSR count). The van der Waals surface area contributed by atoms with E-state index < -0.39 is 5.97 Å². The maximum absolute atomic E-state index is 13.3. The SMILES string of the molecule is COC(=O)c1cncc(C(=O)N2CCO[C@@H](CN(C)C)[C@@H]2c2cnn(C)c2)c1. The number of carbonyl (C=O) groups is 2. The summed E-state index contributed by atoms with van der Waals surface area (Å²) in [5, 5.41) is 4.26. The second kappa shape index (κ2) is 8.49. The number of rotatable bonds is 5. The van der Waals surface area contributed by atoms with Crippen molar-refractivity contribution >= 4 is 11.9 Å². The van der Waals surface area contributed by atoms with E-state index >= 15 is 0 Å². The molecule has 150 valence electrons. The van der Waals surface area contributed by atoms with Crippen LogP contribution in [0.1, 0.15) is 32.3 Å². The van der Waals surface area contributed by atoms with Gasteiger partial charge in [0.05, 0.1) is 43.2 Å². The van der Waals surface area contributed by atoms with Crippen LogP contribution in [-0.2, 0) is 16.5 Å². The van der Waals surface area contributed by atoms with Crippen LogP contribution in [0.4, 0.5) is 0 Å². The van der Waals surface area contributed by atoms with E-state index in [1.165, 1.54) is 25.6 Å². The number of hydrogen-bond donors (Lipinski definition) is 0. The van der Waals surface area contributed by atoms with Crippen LogP contribution in [0.2, 0.25) is 0 Å². The predicted molar refractivity (Wildman–Crippen MR) is 101 cm³/mol. The van der Waals surface area contributed by atoms with Gasteiger partial charge in [-0.05, 0) is 20.2 Å². The number of nitrogens with zero attached hydrogens (tertiary/aromatic N) is 5. The van der Waals surface area contributed by atoms with Gasteiger partial charge in [0.2, 0.25) is 0 Å². The summed E-state index contributed by atoms with van der Waals surface area (Å²) in [7, 11) is 7.06. The molecule has 3 heterocycles. The molecule has 1 aliphatic rings. The first kappa shape index (κ1) is 20.0. The van der Waals surface area contributed by atoms with E-state index in [0.717, 1.165) is 5.56 Å². The lowest BCUT2D eigenvalue weighted by Gasteiger charge is -2.41. The van der Waals surface area contributed by atoms with Crippen LogP contribution in [0.25, 0.3) is 0 Å². The molecular weight excluding hydrogens is 362 g/mol. The first-order valence-corrected chi connectivity index (χ1v) is 9.00. The average molecular weight is 387 g/mol. The molecule has 1 aliphatic heterocycles. The summed E-state index contributed by atoms with van der Waals surface area (Å²) in [5.74, 6) is -0.738. The lowest BCUT2D eigenvalue weighted by atomic mass is 9.99. The number of aromatic nitrogens is 3. The highest BCUT2D eigenvalue weighted by molar-refractivity contribution is 5.97. The zero-order valence-corrected chi connectivity index (χ0v) is 16.5. The number of methoxy groups -OCH3 is 1. The molecule has 0 unspecified atom stereocenters. The molecule has 28 heavy (non-hydrogen) atoms. The molecule has 9 heteroatoms. The summed E-state index contributed by atoms with van der Waals surface area (Å²) in [6.07, 6.45) is 6.30. The molecule has 0 saturated carbocycles. The number of hydrogen-bond acceptors (Lipinski definition) is 7. The fourth-order valence-corrected chi connectivity index (χ4v) is 3.41. The number of aryl methyl sites for hydroxylation is 1. The summed E-state index contributed by atoms with van der Waals surface area (Å²) in [5.41, 5.74) is 1.48. The first-order chi connectivity index (χ1) is 13.4. The van der Waals surface area contributed by atoms with Crippen LogP contribution in [0.5, 0.6) is 0 Å². The Balaban J connectivity index is 1.95. The van der Waals surface area contributed by atoms with Crippen molar-refractivity contribution in [2.75, 3.05) is 40.9 Å². The quantitative estimate of drug-likeness (QED) is 0.699. The Morgan fingerprint density at radius 1 is 1.29 bits per heavy atom. The van der Waals surface area contributed by atoms with Gasteiger partial charge in [0.1, 0.15) is 0 Å². The summed E-state index contributed by atoms with van der Waals surface area (Å²) in [4.78, 5) is 33.0. The van der Waals surface area contributed by atoms with Gasteiger partial charge >= 0.3 is 5.97 Å². The number of esters is 1. The van der Waals surface area contributed by atoms with Gasteiger partial charge in [0.25, 0.3) is 5.91 Å². The van der Waals surface area contributed by atoms with Crippen molar-refractivity contribution in [3.63, 3.8) is 0 Å². The first-order valence-electron chi connectivity index (χ1n) is 9.00. The highest BCUT2D eigenvalue weighted by atomic mass is 16.5. The molecule has 2 aromatic heterocycles. The van der Waals surface area contributed by atoms with Crippen molar-refractivity contribution in [2.45, 2.75) is 12.1 Å². The van der Waals surface area contributed by atoms with Crippen molar-refractivity contribution in [1.29, 1.82) is 0 Å². The Kier molecular flexibility index (Phi) is 6.05. The minimum Gasteiger partial charge on any atom is -0.465 e. The van der Waals surface area contributed by atoms with Crippen LogP contribution in [0.3, 0.4) is 0 Å². The normalized spacial score (nSPS) is 19.7. The number of ether oxygens (including phenoxy) is 2. The number of likely N-dealkylation sites (N-methyl/N-ethyl adjacent to an activating group) is 1. The van der Waals surface area contributed by atoms with Gasteiger partial charge in [0, 0.05) is 44.3 Å². The van der Waals surface area contributed by atoms with Crippen LogP contribution in [0.15, 0.2) is 30.9 Å². The molecule has 1 fully saturated rings. The van der Waals surface area contributed by atoms with E-state index in [2.05, 4.69) is 10.1 Å². The maximum atomic E-state index is 13.3. The summed E-state index contributed by atoms with van der Waals surface area (Å²) < 4.78 is 12.4. The van der Waals surface area contributed by atoms with Gasteiger partial charge in [-0.1, -0.05) is 0 Å². The standard InChI is InChI=1S/C19H25N5O4/c1-22(2)12-16-17(15-10-21-23(3)11-15)24(5-6-28-16)18(25)13-7-14(9-20-8-13)19(26)27-4/h7-11,16-17H,5-6,12H2,1-4H3/t16-,17-/m0/s1. The van der Waals surface area contributed by atoms with Crippen molar-refractivity contribution in [1.82, 2.24) is 24.6 Å². The second-order valence-electron chi connectivity index (χ2n) is 7.02. The lowest BCUT2D eigenvalue weighted by molar-refractivity contribution is -0.0684. The molecule has 0 bridgehead atoms. The topological polar surface area (TPSA) is 89.8 Å². The largest absolute Gasteiger partial charge is 0.465 e. The molecule has 1 amide bonds. The monoisotopic (exact) mass is 387 g/mol. The number of morpholine rings is 1. The minimum absolute atomic E-state index is 0.200. The number of pyridine rings is 1. The van der Waals surface area contributed by atoms with Gasteiger partial charge < -0.3 is 19.3 Å². The Morgan fingerprint density at radius 2 is 2.04 bits per heavy atom. The highest BCUT2D eigenvalue weighted by Crippen LogP contribution is 2.31. The van der Waals surface area contributed by atoms with Gasteiger partial charge in [-0.25, -0.2) is 4.79 Å². The van der Waals surface area contributed by atoms with Gasteiger partial charge in [-0.2, -0.15) is 5.10 Å². The molecule has 9 nitrogen and oxygen atoms in total. The molecule has 0 radical (unpaired) electrons. The summed E-state index contributed by atoms with van der Waals surface area (Å²) >= 11 is 0. The fraction of sp³-hybridized carbons (Fsp3) is 0.474. The van der Waals surface area contributed by atoms with Crippen LogP contribution < -0.4 is 0 Å². The van der Waals surface area contributed by atoms with Crippen molar-refractivity contribution in [3.8, 4) is 0 Å². The van der Waals surface area contributed by atoms with Crippen molar-refractivity contribution in [2.24, 2.45) is 7.05 Å². The average Bonchev–Trinajstić information content (AvgIpc) is 3.12. The number of amides is 1. The van der Waals surface area contributed by atoms with Gasteiger partial charge in [-0.15, -0.1) is 0 Å². The summed E-state index contributed by atoms with van der Waals surface area (Å²) in [6, 6.07) is 1.22. The number of carbonyl (C=O) groups excluding carboxylic acids is 2. The van der Waals surface area contributed by atoms with E-state index in [9.17, 15) is 9.59 Å². The molecule has 2 aromatic rings. The maximum Gasteiger partial charge on any atom is 0.339 e. The zero-order chi connectivity index (χ0) is 20.3. The van der Waals surface area contributed by atoms with Gasteiger partial charge in [0.15, 0.2) is 0 Å². The highest BCUT2D eigenvalue weighted by Gasteiger charge is 2.38. The fourth-order valence-electron chi connectivity index (χ4n) is 3.41. The Morgan fingerprint density at radius 3 is 2.68 bits per heavy atom. The Hall–Kier alpha value is -2.78. The third-order valence-corrected chi connectivity index (χ3v) is 4.63. The van der Waals surface area contributed by atoms with E-state index in [0.29, 0.717) is 25.3 Å². The summed E-state index contributed by atoms with van der Waals surface area (Å²) in [6.45, 7) is 1.53. The third kappa shape index (κ3) is 4.20. The second-order valence-corrected chi connectivity index (χ2v) is 7.02. The Bertz CT molecular complexity index is 850. The van der Waals surface area contributed by atoms with Crippen LogP contribution >= 0.6 is 0 Å². The molecule has 1 saturated heterocycles. The van der Waals surface area contributed by atoms with Crippen molar-refractivity contribution in [3.05, 3.63) is 47.5 Å². The van der Waals surface area contributed by atoms with E-state index in [-0.39, 0.29) is 23.6 Å². The molecule has 0 aliphatic carbocycles. The molecule has 0 N–H and O–H groups in total. The molecule has 0 aromatic carbocycles. The smallest absolute Gasteiger partial charge is 0.339 e. The molecule has 2 atom stereocenters. The van der Waals surface area contributed by atoms with E-state index in [1.54, 1.807) is 15.8 Å². The van der Waals surface area contributed by atoms with E-state index in [4.69, 9.17) is 9.47 Å². The van der Waals surface area contributed by atoms with Crippen LogP contribution in [-0.4, -0.2) is 83.4 Å². The molecule has 0 spiro atoms.